The van der Waals surface area contributed by atoms with Crippen molar-refractivity contribution in [1.82, 2.24) is 9.97 Å². The third-order valence-corrected chi connectivity index (χ3v) is 3.35. The van der Waals surface area contributed by atoms with Crippen molar-refractivity contribution >= 4 is 5.82 Å². The number of rotatable bonds is 4. The number of nitrogens with one attached hydrogen (secondary N) is 2. The minimum Gasteiger partial charge on any atom is -0.489 e. The van der Waals surface area contributed by atoms with Crippen molar-refractivity contribution in [3.05, 3.63) is 16.7 Å². The first-order valence-electron chi connectivity index (χ1n) is 6.18. The number of hydrogen-bond acceptors (Lipinski definition) is 5. The second-order valence-electron chi connectivity index (χ2n) is 4.50. The number of anilines is 1. The predicted octanol–water partition coefficient (Wildman–Crippen LogP) is 1.01. The fourth-order valence-electron chi connectivity index (χ4n) is 2.23. The van der Waals surface area contributed by atoms with Crippen LogP contribution in [0.25, 0.3) is 0 Å². The van der Waals surface area contributed by atoms with Gasteiger partial charge in [-0.05, 0) is 25.7 Å². The van der Waals surface area contributed by atoms with Crippen LogP contribution in [-0.2, 0) is 4.74 Å². The van der Waals surface area contributed by atoms with E-state index in [1.165, 1.54) is 13.4 Å². The van der Waals surface area contributed by atoms with Crippen molar-refractivity contribution in [3.8, 4) is 5.75 Å². The first kappa shape index (κ1) is 12.9. The van der Waals surface area contributed by atoms with Crippen molar-refractivity contribution in [3.63, 3.8) is 0 Å². The van der Waals surface area contributed by atoms with Crippen LogP contribution in [0.3, 0.4) is 0 Å². The molecule has 100 valence electrons. The van der Waals surface area contributed by atoms with Crippen LogP contribution in [0.15, 0.2) is 11.1 Å². The van der Waals surface area contributed by atoms with Gasteiger partial charge in [-0.25, -0.2) is 4.98 Å². The number of nitrogens with zero attached hydrogens (tertiary/aromatic N) is 1. The van der Waals surface area contributed by atoms with Crippen molar-refractivity contribution in [2.75, 3.05) is 25.6 Å². The van der Waals surface area contributed by atoms with Gasteiger partial charge < -0.3 is 19.8 Å². The molecule has 0 saturated carbocycles. The molecule has 1 unspecified atom stereocenters. The van der Waals surface area contributed by atoms with Gasteiger partial charge in [-0.3, -0.25) is 4.79 Å². The molecule has 2 rings (SSSR count). The van der Waals surface area contributed by atoms with Crippen molar-refractivity contribution < 1.29 is 9.47 Å². The first-order valence-corrected chi connectivity index (χ1v) is 6.18. The highest BCUT2D eigenvalue weighted by Crippen LogP contribution is 2.23. The Bertz CT molecular complexity index is 440. The molecule has 1 aromatic rings. The van der Waals surface area contributed by atoms with Gasteiger partial charge in [0.25, 0.3) is 5.56 Å². The normalized spacial score (nSPS) is 18.3. The van der Waals surface area contributed by atoms with E-state index >= 15 is 0 Å². The third kappa shape index (κ3) is 2.81. The quantitative estimate of drug-likeness (QED) is 0.837. The van der Waals surface area contributed by atoms with Gasteiger partial charge in [-0.2, -0.15) is 0 Å². The molecule has 2 heterocycles. The van der Waals surface area contributed by atoms with E-state index < -0.39 is 0 Å². The van der Waals surface area contributed by atoms with Gasteiger partial charge in [-0.1, -0.05) is 0 Å². The van der Waals surface area contributed by atoms with Gasteiger partial charge in [0.2, 0.25) is 5.75 Å². The molecular weight excluding hydrogens is 234 g/mol. The molecule has 18 heavy (non-hydrogen) atoms. The summed E-state index contributed by atoms with van der Waals surface area (Å²) in [6.45, 7) is 3.70. The van der Waals surface area contributed by atoms with Crippen LogP contribution in [0.1, 0.15) is 19.8 Å². The van der Waals surface area contributed by atoms with Gasteiger partial charge in [0.15, 0.2) is 5.82 Å². The Balaban J connectivity index is 2.08. The zero-order chi connectivity index (χ0) is 13.0. The SMILES string of the molecule is COc1c(NC(C)C2CCOCC2)nc[nH]c1=O. The molecule has 1 fully saturated rings. The summed E-state index contributed by atoms with van der Waals surface area (Å²) in [6, 6.07) is 0.233. The van der Waals surface area contributed by atoms with E-state index in [0.29, 0.717) is 11.7 Å². The average Bonchev–Trinajstić information content (AvgIpc) is 2.40. The fraction of sp³-hybridized carbons (Fsp3) is 0.667. The zero-order valence-electron chi connectivity index (χ0n) is 10.7. The molecule has 6 nitrogen and oxygen atoms in total. The first-order chi connectivity index (χ1) is 8.72. The monoisotopic (exact) mass is 253 g/mol. The molecule has 1 atom stereocenters. The Hall–Kier alpha value is -1.56. The fourth-order valence-corrected chi connectivity index (χ4v) is 2.23. The number of aromatic amines is 1. The summed E-state index contributed by atoms with van der Waals surface area (Å²) in [7, 11) is 1.47. The number of methoxy groups -OCH3 is 1. The summed E-state index contributed by atoms with van der Waals surface area (Å²) in [5.74, 6) is 1.26. The average molecular weight is 253 g/mol. The lowest BCUT2D eigenvalue weighted by Gasteiger charge is -2.28. The molecule has 1 aliphatic heterocycles. The molecule has 1 aliphatic rings. The van der Waals surface area contributed by atoms with Crippen LogP contribution >= 0.6 is 0 Å². The maximum absolute atomic E-state index is 11.5. The van der Waals surface area contributed by atoms with E-state index in [1.54, 1.807) is 0 Å². The van der Waals surface area contributed by atoms with E-state index in [-0.39, 0.29) is 17.4 Å². The third-order valence-electron chi connectivity index (χ3n) is 3.35. The lowest BCUT2D eigenvalue weighted by molar-refractivity contribution is 0.0622. The second-order valence-corrected chi connectivity index (χ2v) is 4.50. The van der Waals surface area contributed by atoms with Crippen molar-refractivity contribution in [1.29, 1.82) is 0 Å². The molecule has 2 N–H and O–H groups in total. The summed E-state index contributed by atoms with van der Waals surface area (Å²) in [5, 5.41) is 3.26. The maximum atomic E-state index is 11.5. The molecule has 0 bridgehead atoms. The summed E-state index contributed by atoms with van der Waals surface area (Å²) in [4.78, 5) is 18.2. The van der Waals surface area contributed by atoms with Gasteiger partial charge in [0.05, 0.1) is 13.4 Å². The van der Waals surface area contributed by atoms with Gasteiger partial charge in [-0.15, -0.1) is 0 Å². The summed E-state index contributed by atoms with van der Waals surface area (Å²) in [6.07, 6.45) is 3.43. The minimum atomic E-state index is -0.269. The van der Waals surface area contributed by atoms with Gasteiger partial charge >= 0.3 is 0 Å². The highest BCUT2D eigenvalue weighted by Gasteiger charge is 2.22. The second kappa shape index (κ2) is 5.86. The summed E-state index contributed by atoms with van der Waals surface area (Å²) < 4.78 is 10.4. The number of hydrogen-bond donors (Lipinski definition) is 2. The van der Waals surface area contributed by atoms with Crippen molar-refractivity contribution in [2.45, 2.75) is 25.8 Å². The summed E-state index contributed by atoms with van der Waals surface area (Å²) in [5.41, 5.74) is -0.269. The van der Waals surface area contributed by atoms with E-state index in [4.69, 9.17) is 9.47 Å². The van der Waals surface area contributed by atoms with E-state index in [0.717, 1.165) is 26.1 Å². The molecule has 1 aromatic heterocycles. The lowest BCUT2D eigenvalue weighted by Crippen LogP contribution is -2.32. The molecule has 0 aromatic carbocycles. The smallest absolute Gasteiger partial charge is 0.295 e. The molecule has 0 spiro atoms. The Morgan fingerprint density at radius 1 is 1.56 bits per heavy atom. The Labute approximate surface area is 106 Å². The Morgan fingerprint density at radius 2 is 2.28 bits per heavy atom. The van der Waals surface area contributed by atoms with E-state index in [2.05, 4.69) is 22.2 Å². The topological polar surface area (TPSA) is 76.2 Å². The van der Waals surface area contributed by atoms with Gasteiger partial charge in [0, 0.05) is 19.3 Å². The summed E-state index contributed by atoms with van der Waals surface area (Å²) >= 11 is 0. The zero-order valence-corrected chi connectivity index (χ0v) is 10.7. The Morgan fingerprint density at radius 3 is 2.94 bits per heavy atom. The lowest BCUT2D eigenvalue weighted by atomic mass is 9.93. The van der Waals surface area contributed by atoms with Crippen LogP contribution in [-0.4, -0.2) is 36.3 Å². The predicted molar refractivity (Wildman–Crippen MR) is 68.0 cm³/mol. The number of ether oxygens (including phenoxy) is 2. The number of aromatic nitrogens is 2. The maximum Gasteiger partial charge on any atom is 0.295 e. The molecule has 0 amide bonds. The molecule has 0 radical (unpaired) electrons. The van der Waals surface area contributed by atoms with E-state index in [9.17, 15) is 4.79 Å². The van der Waals surface area contributed by atoms with Crippen LogP contribution in [0.4, 0.5) is 5.82 Å². The van der Waals surface area contributed by atoms with Crippen LogP contribution in [0.5, 0.6) is 5.75 Å². The largest absolute Gasteiger partial charge is 0.489 e. The van der Waals surface area contributed by atoms with Crippen molar-refractivity contribution in [2.24, 2.45) is 5.92 Å². The standard InChI is InChI=1S/C12H19N3O3/c1-8(9-3-5-18-6-4-9)15-11-10(17-2)12(16)14-7-13-11/h7-9H,3-6H2,1-2H3,(H2,13,14,15,16). The highest BCUT2D eigenvalue weighted by atomic mass is 16.5. The van der Waals surface area contributed by atoms with Crippen LogP contribution < -0.4 is 15.6 Å². The highest BCUT2D eigenvalue weighted by molar-refractivity contribution is 5.48. The van der Waals surface area contributed by atoms with Gasteiger partial charge in [0.1, 0.15) is 0 Å². The Kier molecular flexibility index (Phi) is 4.19. The van der Waals surface area contributed by atoms with E-state index in [1.807, 2.05) is 0 Å². The number of H-pyrrole nitrogens is 1. The van der Waals surface area contributed by atoms with Crippen LogP contribution in [0.2, 0.25) is 0 Å². The minimum absolute atomic E-state index is 0.233. The molecule has 0 aliphatic carbocycles. The molecular formula is C12H19N3O3. The molecule has 1 saturated heterocycles. The van der Waals surface area contributed by atoms with Crippen LogP contribution in [0, 0.1) is 5.92 Å². The molecule has 6 heteroatoms.